The minimum absolute atomic E-state index is 0.0242. The van der Waals surface area contributed by atoms with Gasteiger partial charge in [-0.15, -0.1) is 0 Å². The van der Waals surface area contributed by atoms with Crippen molar-refractivity contribution >= 4 is 34.4 Å². The van der Waals surface area contributed by atoms with Gasteiger partial charge in [0.15, 0.2) is 0 Å². The number of esters is 1. The molecule has 3 atom stereocenters. The largest absolute Gasteiger partial charge is 0.460 e. The number of methoxy groups -OCH3 is 2. The fraction of sp³-hybridized carbons (Fsp3) is 0.686. The molecule has 0 unspecified atom stereocenters. The minimum Gasteiger partial charge on any atom is -0.460 e. The van der Waals surface area contributed by atoms with Crippen molar-refractivity contribution in [3.8, 4) is 0 Å². The van der Waals surface area contributed by atoms with Crippen LogP contribution in [0.25, 0.3) is 11.0 Å². The highest BCUT2D eigenvalue weighted by Crippen LogP contribution is 2.42. The second kappa shape index (κ2) is 16.2. The van der Waals surface area contributed by atoms with E-state index in [9.17, 15) is 18.8 Å². The number of nitrogens with one attached hydrogen (secondary N) is 1. The summed E-state index contributed by atoms with van der Waals surface area (Å²) in [4.78, 5) is 42.4. The number of nitrogens with two attached hydrogens (primary N) is 1. The molecular formula is C35H50FN3O7. The first kappa shape index (κ1) is 34.3. The van der Waals surface area contributed by atoms with Gasteiger partial charge in [0, 0.05) is 50.4 Å². The van der Waals surface area contributed by atoms with Crippen LogP contribution in [0.3, 0.4) is 0 Å². The average molecular weight is 644 g/mol. The number of ether oxygens (including phenoxy) is 3. The Morgan fingerprint density at radius 1 is 1.00 bits per heavy atom. The number of amides is 2. The summed E-state index contributed by atoms with van der Waals surface area (Å²) in [5.41, 5.74) is 7.05. The molecule has 1 aromatic carbocycles. The van der Waals surface area contributed by atoms with Crippen molar-refractivity contribution in [1.29, 1.82) is 0 Å². The number of benzene rings is 1. The van der Waals surface area contributed by atoms with Gasteiger partial charge in [0.1, 0.15) is 18.3 Å². The molecule has 0 radical (unpaired) electrons. The Balaban J connectivity index is 1.28. The van der Waals surface area contributed by atoms with Gasteiger partial charge < -0.3 is 34.6 Å². The van der Waals surface area contributed by atoms with E-state index in [2.05, 4.69) is 5.32 Å². The summed E-state index contributed by atoms with van der Waals surface area (Å²) in [5, 5.41) is 3.76. The first-order chi connectivity index (χ1) is 22.3. The first-order valence-corrected chi connectivity index (χ1v) is 17.0. The smallest absolute Gasteiger partial charge is 0.374 e. The SMILES string of the molecule is COCCCCOC(=O)c1cc2cc(NC(=O)[C@@H]3[C@H](C4CCC(OC)CC4)CCN3C(=O)C3CCC([C@H](N)CF)CC3)ccc2o1. The molecule has 0 bridgehead atoms. The lowest BCUT2D eigenvalue weighted by molar-refractivity contribution is -0.142. The van der Waals surface area contributed by atoms with E-state index in [0.717, 1.165) is 51.4 Å². The second-order valence-electron chi connectivity index (χ2n) is 13.3. The molecule has 254 valence electrons. The third-order valence-corrected chi connectivity index (χ3v) is 10.5. The minimum atomic E-state index is -0.578. The Hall–Kier alpha value is -3.02. The van der Waals surface area contributed by atoms with Crippen LogP contribution in [0.2, 0.25) is 0 Å². The number of alkyl halides is 1. The van der Waals surface area contributed by atoms with E-state index < -0.39 is 24.7 Å². The topological polar surface area (TPSA) is 133 Å². The van der Waals surface area contributed by atoms with Gasteiger partial charge in [-0.05, 0) is 113 Å². The van der Waals surface area contributed by atoms with Crippen LogP contribution in [0.4, 0.5) is 10.1 Å². The Morgan fingerprint density at radius 3 is 2.43 bits per heavy atom. The number of hydrogen-bond donors (Lipinski definition) is 2. The predicted molar refractivity (Wildman–Crippen MR) is 172 cm³/mol. The number of furan rings is 1. The van der Waals surface area contributed by atoms with Crippen LogP contribution in [-0.2, 0) is 23.8 Å². The summed E-state index contributed by atoms with van der Waals surface area (Å²) in [7, 11) is 3.38. The van der Waals surface area contributed by atoms with Gasteiger partial charge in [-0.3, -0.25) is 9.59 Å². The van der Waals surface area contributed by atoms with Crippen molar-refractivity contribution in [1.82, 2.24) is 4.90 Å². The Kier molecular flexibility index (Phi) is 12.1. The predicted octanol–water partition coefficient (Wildman–Crippen LogP) is 5.48. The number of nitrogens with zero attached hydrogens (tertiary/aromatic N) is 1. The van der Waals surface area contributed by atoms with E-state index in [1.54, 1.807) is 38.5 Å². The molecule has 3 fully saturated rings. The third kappa shape index (κ3) is 8.09. The number of rotatable bonds is 13. The highest BCUT2D eigenvalue weighted by Gasteiger charge is 2.47. The van der Waals surface area contributed by atoms with Crippen molar-refractivity contribution in [2.45, 2.75) is 88.8 Å². The molecule has 1 aromatic heterocycles. The first-order valence-electron chi connectivity index (χ1n) is 17.0. The standard InChI is InChI=1S/C35H50FN3O7/c1-43-17-3-4-18-45-35(42)31-20-25-19-26(11-14-30(25)46-31)38-33(40)32-28(22-9-12-27(44-2)13-10-22)15-16-39(32)34(41)24-7-5-23(6-8-24)29(37)21-36/h11,14,19-20,22-24,27-29,32H,3-10,12-13,15-18,21,37H2,1-2H3,(H,38,40)/t22?,23?,24?,27?,28-,29+,32-/m0/s1. The molecule has 11 heteroatoms. The molecular weight excluding hydrogens is 593 g/mol. The maximum atomic E-state index is 14.1. The maximum absolute atomic E-state index is 14.1. The second-order valence-corrected chi connectivity index (χ2v) is 13.3. The van der Waals surface area contributed by atoms with E-state index >= 15 is 0 Å². The molecule has 2 aliphatic carbocycles. The Morgan fingerprint density at radius 2 is 1.74 bits per heavy atom. The van der Waals surface area contributed by atoms with Gasteiger partial charge in [0.2, 0.25) is 17.6 Å². The number of fused-ring (bicyclic) bond motifs is 1. The highest BCUT2D eigenvalue weighted by molar-refractivity contribution is 6.00. The highest BCUT2D eigenvalue weighted by atomic mass is 19.1. The van der Waals surface area contributed by atoms with Crippen molar-refractivity contribution < 1.29 is 37.4 Å². The molecule has 3 N–H and O–H groups in total. The molecule has 0 spiro atoms. The van der Waals surface area contributed by atoms with E-state index in [4.69, 9.17) is 24.4 Å². The third-order valence-electron chi connectivity index (χ3n) is 10.5. The lowest BCUT2D eigenvalue weighted by atomic mass is 9.75. The van der Waals surface area contributed by atoms with Gasteiger partial charge >= 0.3 is 5.97 Å². The number of carbonyl (C=O) groups is 3. The van der Waals surface area contributed by atoms with E-state index in [1.165, 1.54) is 0 Å². The fourth-order valence-corrected chi connectivity index (χ4v) is 7.82. The molecule has 1 saturated heterocycles. The number of unbranched alkanes of at least 4 members (excludes halogenated alkanes) is 1. The Labute approximate surface area is 270 Å². The molecule has 46 heavy (non-hydrogen) atoms. The summed E-state index contributed by atoms with van der Waals surface area (Å²) in [6, 6.07) is 5.82. The summed E-state index contributed by atoms with van der Waals surface area (Å²) in [5.74, 6) is -0.303. The number of likely N-dealkylation sites (tertiary alicyclic amines) is 1. The van der Waals surface area contributed by atoms with Gasteiger partial charge in [-0.2, -0.15) is 0 Å². The molecule has 2 heterocycles. The molecule has 5 rings (SSSR count). The summed E-state index contributed by atoms with van der Waals surface area (Å²) in [6.45, 7) is 0.887. The van der Waals surface area contributed by atoms with Gasteiger partial charge in [-0.1, -0.05) is 0 Å². The van der Waals surface area contributed by atoms with E-state index in [1.807, 2.05) is 4.90 Å². The van der Waals surface area contributed by atoms with Gasteiger partial charge in [0.25, 0.3) is 0 Å². The molecule has 2 amide bonds. The number of halogens is 1. The van der Waals surface area contributed by atoms with Crippen LogP contribution in [-0.4, -0.2) is 81.5 Å². The molecule has 2 saturated carbocycles. The van der Waals surface area contributed by atoms with Crippen LogP contribution in [0.15, 0.2) is 28.7 Å². The quantitative estimate of drug-likeness (QED) is 0.217. The van der Waals surface area contributed by atoms with E-state index in [-0.39, 0.29) is 48.0 Å². The maximum Gasteiger partial charge on any atom is 0.374 e. The zero-order valence-corrected chi connectivity index (χ0v) is 27.2. The van der Waals surface area contributed by atoms with Crippen LogP contribution in [0.1, 0.15) is 81.2 Å². The van der Waals surface area contributed by atoms with Crippen LogP contribution in [0, 0.1) is 23.7 Å². The zero-order valence-electron chi connectivity index (χ0n) is 27.2. The lowest BCUT2D eigenvalue weighted by Gasteiger charge is -2.37. The van der Waals surface area contributed by atoms with E-state index in [0.29, 0.717) is 55.0 Å². The molecule has 1 aliphatic heterocycles. The normalized spacial score (nSPS) is 27.4. The average Bonchev–Trinajstić information content (AvgIpc) is 3.72. The van der Waals surface area contributed by atoms with Crippen LogP contribution < -0.4 is 11.1 Å². The van der Waals surface area contributed by atoms with Crippen molar-refractivity contribution in [3.63, 3.8) is 0 Å². The summed E-state index contributed by atoms with van der Waals surface area (Å²) in [6.07, 6.45) is 9.14. The van der Waals surface area contributed by atoms with Crippen molar-refractivity contribution in [3.05, 3.63) is 30.0 Å². The van der Waals surface area contributed by atoms with Gasteiger partial charge in [-0.25, -0.2) is 9.18 Å². The van der Waals surface area contributed by atoms with Crippen molar-refractivity contribution in [2.75, 3.05) is 46.0 Å². The monoisotopic (exact) mass is 643 g/mol. The molecule has 2 aromatic rings. The van der Waals surface area contributed by atoms with Crippen LogP contribution in [0.5, 0.6) is 0 Å². The fourth-order valence-electron chi connectivity index (χ4n) is 7.82. The summed E-state index contributed by atoms with van der Waals surface area (Å²) >= 11 is 0. The van der Waals surface area contributed by atoms with Crippen molar-refractivity contribution in [2.24, 2.45) is 29.4 Å². The molecule has 3 aliphatic rings. The summed E-state index contributed by atoms with van der Waals surface area (Å²) < 4.78 is 34.8. The lowest BCUT2D eigenvalue weighted by Crippen LogP contribution is -2.50. The Bertz CT molecular complexity index is 1320. The number of anilines is 1. The van der Waals surface area contributed by atoms with Gasteiger partial charge in [0.05, 0.1) is 12.7 Å². The molecule has 10 nitrogen and oxygen atoms in total. The number of carbonyl (C=O) groups excluding carboxylic acids is 3. The van der Waals surface area contributed by atoms with Crippen LogP contribution >= 0.6 is 0 Å². The zero-order chi connectivity index (χ0) is 32.6. The number of hydrogen-bond acceptors (Lipinski definition) is 8.